The van der Waals surface area contributed by atoms with Crippen LogP contribution < -0.4 is 15.0 Å². The van der Waals surface area contributed by atoms with E-state index in [0.717, 1.165) is 11.1 Å². The molecule has 0 spiro atoms. The lowest BCUT2D eigenvalue weighted by molar-refractivity contribution is -0.125. The molecular weight excluding hydrogens is 388 g/mol. The smallest absolute Gasteiger partial charge is 0.267 e. The van der Waals surface area contributed by atoms with Gasteiger partial charge in [-0.05, 0) is 43.2 Å². The molecular formula is C26H28N2O3. The van der Waals surface area contributed by atoms with Crippen molar-refractivity contribution in [2.75, 3.05) is 11.9 Å². The first kappa shape index (κ1) is 22.1. The Morgan fingerprint density at radius 2 is 1.58 bits per heavy atom. The molecule has 31 heavy (non-hydrogen) atoms. The Morgan fingerprint density at radius 3 is 2.26 bits per heavy atom. The zero-order valence-electron chi connectivity index (χ0n) is 18.2. The summed E-state index contributed by atoms with van der Waals surface area (Å²) in [6.45, 7) is 4.32. The fourth-order valence-electron chi connectivity index (χ4n) is 3.26. The van der Waals surface area contributed by atoms with Gasteiger partial charge in [0, 0.05) is 13.6 Å². The molecule has 0 aliphatic heterocycles. The number of hydrogen-bond donors (Lipinski definition) is 1. The van der Waals surface area contributed by atoms with Crippen LogP contribution in [0.5, 0.6) is 5.75 Å². The number of anilines is 1. The van der Waals surface area contributed by atoms with Gasteiger partial charge in [0.05, 0.1) is 11.3 Å². The first-order chi connectivity index (χ1) is 15.0. The van der Waals surface area contributed by atoms with E-state index in [2.05, 4.69) is 5.32 Å². The van der Waals surface area contributed by atoms with Crippen LogP contribution in [0, 0.1) is 6.92 Å². The van der Waals surface area contributed by atoms with Crippen molar-refractivity contribution in [1.82, 2.24) is 5.32 Å². The van der Waals surface area contributed by atoms with Gasteiger partial charge in [-0.2, -0.15) is 0 Å². The van der Waals surface area contributed by atoms with Crippen LogP contribution in [-0.2, 0) is 11.3 Å². The van der Waals surface area contributed by atoms with Gasteiger partial charge in [-0.3, -0.25) is 9.59 Å². The van der Waals surface area contributed by atoms with Gasteiger partial charge in [0.1, 0.15) is 5.75 Å². The molecule has 3 rings (SSSR count). The maximum Gasteiger partial charge on any atom is 0.267 e. The molecule has 0 aliphatic rings. The minimum Gasteiger partial charge on any atom is -0.481 e. The summed E-state index contributed by atoms with van der Waals surface area (Å²) in [4.78, 5) is 27.5. The summed E-state index contributed by atoms with van der Waals surface area (Å²) in [5.74, 6) is 0.214. The maximum absolute atomic E-state index is 13.2. The summed E-state index contributed by atoms with van der Waals surface area (Å²) >= 11 is 0. The number of nitrogens with zero attached hydrogens (tertiary/aromatic N) is 1. The molecule has 0 bridgehead atoms. The molecule has 3 aromatic rings. The van der Waals surface area contributed by atoms with Crippen LogP contribution in [0.4, 0.5) is 5.69 Å². The Hall–Kier alpha value is -3.60. The molecule has 0 aliphatic carbocycles. The zero-order chi connectivity index (χ0) is 22.2. The van der Waals surface area contributed by atoms with Crippen molar-refractivity contribution in [1.29, 1.82) is 0 Å². The number of likely N-dealkylation sites (N-methyl/N-ethyl adjacent to an activating group) is 1. The highest BCUT2D eigenvalue weighted by atomic mass is 16.5. The summed E-state index contributed by atoms with van der Waals surface area (Å²) in [5, 5.41) is 2.93. The first-order valence-electron chi connectivity index (χ1n) is 10.4. The molecule has 0 saturated carbocycles. The van der Waals surface area contributed by atoms with E-state index in [1.165, 1.54) is 4.90 Å². The Balaban J connectivity index is 1.74. The van der Waals surface area contributed by atoms with Crippen molar-refractivity contribution in [2.24, 2.45) is 0 Å². The fraction of sp³-hybridized carbons (Fsp3) is 0.231. The van der Waals surface area contributed by atoms with E-state index in [1.807, 2.05) is 74.5 Å². The number of carbonyl (C=O) groups excluding carboxylic acids is 2. The molecule has 1 atom stereocenters. The van der Waals surface area contributed by atoms with Crippen molar-refractivity contribution in [2.45, 2.75) is 32.9 Å². The number of carbonyl (C=O) groups is 2. The van der Waals surface area contributed by atoms with Crippen LogP contribution in [0.25, 0.3) is 0 Å². The first-order valence-corrected chi connectivity index (χ1v) is 10.4. The van der Waals surface area contributed by atoms with Crippen molar-refractivity contribution < 1.29 is 14.3 Å². The molecule has 160 valence electrons. The van der Waals surface area contributed by atoms with E-state index in [9.17, 15) is 9.59 Å². The predicted octanol–water partition coefficient (Wildman–Crippen LogP) is 4.75. The van der Waals surface area contributed by atoms with Crippen molar-refractivity contribution in [3.8, 4) is 5.75 Å². The van der Waals surface area contributed by atoms with Gasteiger partial charge < -0.3 is 15.0 Å². The molecule has 0 fully saturated rings. The summed E-state index contributed by atoms with van der Waals surface area (Å²) < 4.78 is 5.94. The molecule has 5 heteroatoms. The molecule has 5 nitrogen and oxygen atoms in total. The van der Waals surface area contributed by atoms with Crippen LogP contribution in [0.1, 0.15) is 34.8 Å². The van der Waals surface area contributed by atoms with Gasteiger partial charge >= 0.3 is 0 Å². The molecule has 0 radical (unpaired) electrons. The summed E-state index contributed by atoms with van der Waals surface area (Å²) in [6.07, 6.45) is -0.132. The summed E-state index contributed by atoms with van der Waals surface area (Å²) in [5.41, 5.74) is 3.12. The fourth-order valence-corrected chi connectivity index (χ4v) is 3.26. The number of hydrogen-bond acceptors (Lipinski definition) is 3. The van der Waals surface area contributed by atoms with E-state index >= 15 is 0 Å². The van der Waals surface area contributed by atoms with Crippen LogP contribution >= 0.6 is 0 Å². The highest BCUT2D eigenvalue weighted by Gasteiger charge is 2.26. The molecule has 1 N–H and O–H groups in total. The van der Waals surface area contributed by atoms with Crippen molar-refractivity contribution in [3.05, 3.63) is 95.6 Å². The van der Waals surface area contributed by atoms with Gasteiger partial charge in [-0.15, -0.1) is 0 Å². The predicted molar refractivity (Wildman–Crippen MR) is 123 cm³/mol. The largest absolute Gasteiger partial charge is 0.481 e. The Labute approximate surface area is 183 Å². The van der Waals surface area contributed by atoms with Gasteiger partial charge in [0.15, 0.2) is 6.10 Å². The third-order valence-corrected chi connectivity index (χ3v) is 5.08. The third-order valence-electron chi connectivity index (χ3n) is 5.08. The van der Waals surface area contributed by atoms with Gasteiger partial charge in [0.25, 0.3) is 11.8 Å². The summed E-state index contributed by atoms with van der Waals surface area (Å²) in [6, 6.07) is 24.4. The quantitative estimate of drug-likeness (QED) is 0.577. The minimum atomic E-state index is -0.645. The molecule has 2 amide bonds. The highest BCUT2D eigenvalue weighted by molar-refractivity contribution is 6.05. The summed E-state index contributed by atoms with van der Waals surface area (Å²) in [7, 11) is 1.67. The second-order valence-corrected chi connectivity index (χ2v) is 7.41. The van der Waals surface area contributed by atoms with Gasteiger partial charge in [0.2, 0.25) is 0 Å². The number of ether oxygens (including phenoxy) is 1. The van der Waals surface area contributed by atoms with Crippen LogP contribution in [-0.4, -0.2) is 25.0 Å². The van der Waals surface area contributed by atoms with E-state index < -0.39 is 6.10 Å². The Morgan fingerprint density at radius 1 is 0.935 bits per heavy atom. The van der Waals surface area contributed by atoms with Crippen LogP contribution in [0.3, 0.4) is 0 Å². The normalized spacial score (nSPS) is 11.5. The number of amides is 2. The lowest BCUT2D eigenvalue weighted by Gasteiger charge is -2.25. The average molecular weight is 417 g/mol. The SMILES string of the molecule is CCC(Oc1ccc(C)cc1)C(=O)N(C)c1ccccc1C(=O)NCc1ccccc1. The van der Waals surface area contributed by atoms with Crippen LogP contribution in [0.2, 0.25) is 0 Å². The number of nitrogens with one attached hydrogen (secondary N) is 1. The number of para-hydroxylation sites is 1. The third kappa shape index (κ3) is 5.72. The Kier molecular flexibility index (Phi) is 7.44. The number of aryl methyl sites for hydroxylation is 1. The highest BCUT2D eigenvalue weighted by Crippen LogP contribution is 2.22. The topological polar surface area (TPSA) is 58.6 Å². The second-order valence-electron chi connectivity index (χ2n) is 7.41. The Bertz CT molecular complexity index is 1020. The molecule has 3 aromatic carbocycles. The number of benzene rings is 3. The second kappa shape index (κ2) is 10.4. The monoisotopic (exact) mass is 416 g/mol. The molecule has 0 aromatic heterocycles. The lowest BCUT2D eigenvalue weighted by atomic mass is 10.1. The minimum absolute atomic E-state index is 0.202. The molecule has 1 unspecified atom stereocenters. The van der Waals surface area contributed by atoms with Crippen LogP contribution in [0.15, 0.2) is 78.9 Å². The van der Waals surface area contributed by atoms with E-state index in [1.54, 1.807) is 25.2 Å². The average Bonchev–Trinajstić information content (AvgIpc) is 2.82. The molecule has 0 saturated heterocycles. The number of rotatable bonds is 8. The van der Waals surface area contributed by atoms with Crippen molar-refractivity contribution in [3.63, 3.8) is 0 Å². The van der Waals surface area contributed by atoms with Crippen molar-refractivity contribution >= 4 is 17.5 Å². The van der Waals surface area contributed by atoms with Gasteiger partial charge in [-0.1, -0.05) is 67.1 Å². The van der Waals surface area contributed by atoms with Gasteiger partial charge in [-0.25, -0.2) is 0 Å². The standard InChI is InChI=1S/C26H28N2O3/c1-4-24(31-21-16-14-19(2)15-17-21)26(30)28(3)23-13-9-8-12-22(23)25(29)27-18-20-10-6-5-7-11-20/h5-17,24H,4,18H2,1-3H3,(H,27,29). The zero-order valence-corrected chi connectivity index (χ0v) is 18.2. The molecule has 0 heterocycles. The lowest BCUT2D eigenvalue weighted by Crippen LogP contribution is -2.40. The van der Waals surface area contributed by atoms with E-state index in [-0.39, 0.29) is 11.8 Å². The van der Waals surface area contributed by atoms with E-state index in [0.29, 0.717) is 30.0 Å². The van der Waals surface area contributed by atoms with E-state index in [4.69, 9.17) is 4.74 Å². The maximum atomic E-state index is 13.2.